The second-order valence-corrected chi connectivity index (χ2v) is 8.06. The lowest BCUT2D eigenvalue weighted by molar-refractivity contribution is -0.120. The highest BCUT2D eigenvalue weighted by Gasteiger charge is 2.32. The molecule has 0 fully saturated rings. The van der Waals surface area contributed by atoms with Gasteiger partial charge in [0.25, 0.3) is 5.56 Å². The van der Waals surface area contributed by atoms with E-state index >= 15 is 0 Å². The first-order chi connectivity index (χ1) is 15.0. The fourth-order valence-corrected chi connectivity index (χ4v) is 4.41. The zero-order valence-corrected chi connectivity index (χ0v) is 17.5. The highest BCUT2D eigenvalue weighted by Crippen LogP contribution is 2.39. The molecule has 1 aromatic heterocycles. The molecule has 0 amide bonds. The van der Waals surface area contributed by atoms with Gasteiger partial charge in [0.2, 0.25) is 0 Å². The lowest BCUT2D eigenvalue weighted by Crippen LogP contribution is -2.31. The van der Waals surface area contributed by atoms with Gasteiger partial charge in [-0.05, 0) is 31.9 Å². The number of Topliss-reactive ketones (excluding diaryl/α,β-unsaturated/α-hetero) is 1. The first-order valence-electron chi connectivity index (χ1n) is 10.8. The lowest BCUT2D eigenvalue weighted by atomic mass is 10.0. The fraction of sp³-hybridized carbons (Fsp3) is 0.320. The molecule has 0 saturated carbocycles. The Bertz CT molecular complexity index is 1210. The van der Waals surface area contributed by atoms with Crippen LogP contribution in [0, 0.1) is 0 Å². The molecular weight excluding hydrogens is 390 g/mol. The summed E-state index contributed by atoms with van der Waals surface area (Å²) in [5.74, 6) is -0.0625. The van der Waals surface area contributed by atoms with Gasteiger partial charge in [-0.15, -0.1) is 0 Å². The van der Waals surface area contributed by atoms with Crippen LogP contribution in [-0.2, 0) is 11.3 Å². The predicted octanol–water partition coefficient (Wildman–Crippen LogP) is 3.02. The number of nitrogens with zero attached hydrogens (tertiary/aromatic N) is 1. The summed E-state index contributed by atoms with van der Waals surface area (Å²) in [5.41, 5.74) is 14.0. The molecule has 1 aliphatic rings. The predicted molar refractivity (Wildman–Crippen MR) is 122 cm³/mol. The number of unbranched alkanes of at least 4 members (excludes halogenated alkanes) is 1. The van der Waals surface area contributed by atoms with Gasteiger partial charge in [0, 0.05) is 34.9 Å². The molecule has 0 saturated heterocycles. The average Bonchev–Trinajstić information content (AvgIpc) is 3.09. The number of rotatable bonds is 9. The van der Waals surface area contributed by atoms with E-state index < -0.39 is 6.04 Å². The van der Waals surface area contributed by atoms with E-state index in [1.165, 1.54) is 0 Å². The Kier molecular flexibility index (Phi) is 6.11. The zero-order chi connectivity index (χ0) is 22.0. The van der Waals surface area contributed by atoms with Crippen molar-refractivity contribution in [2.24, 2.45) is 11.5 Å². The third kappa shape index (κ3) is 3.84. The number of carbonyl (C=O) groups is 2. The third-order valence-corrected chi connectivity index (χ3v) is 6.02. The second kappa shape index (κ2) is 8.96. The van der Waals surface area contributed by atoms with E-state index in [9.17, 15) is 14.4 Å². The largest absolute Gasteiger partial charge is 0.330 e. The Morgan fingerprint density at radius 1 is 0.903 bits per heavy atom. The summed E-state index contributed by atoms with van der Waals surface area (Å²) >= 11 is 0. The van der Waals surface area contributed by atoms with E-state index in [1.807, 2.05) is 30.3 Å². The minimum absolute atomic E-state index is 0.000943. The highest BCUT2D eigenvalue weighted by atomic mass is 16.1. The van der Waals surface area contributed by atoms with Crippen molar-refractivity contribution in [1.82, 2.24) is 4.57 Å². The highest BCUT2D eigenvalue weighted by molar-refractivity contribution is 6.26. The van der Waals surface area contributed by atoms with Crippen LogP contribution in [-0.4, -0.2) is 28.7 Å². The molecule has 0 radical (unpaired) electrons. The minimum atomic E-state index is -0.493. The van der Waals surface area contributed by atoms with Crippen LogP contribution in [0.25, 0.3) is 22.0 Å². The van der Waals surface area contributed by atoms with Crippen LogP contribution in [0.2, 0.25) is 0 Å². The maximum atomic E-state index is 13.3. The Labute approximate surface area is 180 Å². The number of hydrogen-bond acceptors (Lipinski definition) is 5. The van der Waals surface area contributed by atoms with Crippen molar-refractivity contribution < 1.29 is 9.59 Å². The topological polar surface area (TPSA) is 108 Å². The Morgan fingerprint density at radius 3 is 2.32 bits per heavy atom. The standard InChI is InChI=1S/C25H27N3O3/c26-14-6-5-12-20(27)21(29)13-7-15-28-23-17-9-2-3-10-18(17)24(30)22(23)16-8-1-4-11-19(16)25(28)31/h1-4,8-11,20H,5-7,12-15,26-27H2/t20-/m1/s1. The Balaban J connectivity index is 1.65. The maximum Gasteiger partial charge on any atom is 0.258 e. The van der Waals surface area contributed by atoms with Crippen molar-refractivity contribution in [2.75, 3.05) is 6.54 Å². The molecule has 0 aliphatic heterocycles. The van der Waals surface area contributed by atoms with Crippen molar-refractivity contribution in [3.05, 3.63) is 70.0 Å². The van der Waals surface area contributed by atoms with Crippen LogP contribution in [0.4, 0.5) is 0 Å². The number of ketones is 2. The molecule has 0 unspecified atom stereocenters. The minimum Gasteiger partial charge on any atom is -0.330 e. The first-order valence-corrected chi connectivity index (χ1v) is 10.8. The summed E-state index contributed by atoms with van der Waals surface area (Å²) in [7, 11) is 0. The van der Waals surface area contributed by atoms with E-state index in [1.54, 1.807) is 22.8 Å². The van der Waals surface area contributed by atoms with Crippen LogP contribution in [0.3, 0.4) is 0 Å². The number of pyridine rings is 1. The lowest BCUT2D eigenvalue weighted by Gasteiger charge is -2.15. The number of hydrogen-bond donors (Lipinski definition) is 2. The fourth-order valence-electron chi connectivity index (χ4n) is 4.41. The van der Waals surface area contributed by atoms with E-state index in [0.717, 1.165) is 18.4 Å². The molecule has 3 aromatic rings. The van der Waals surface area contributed by atoms with Crippen LogP contribution >= 0.6 is 0 Å². The van der Waals surface area contributed by atoms with Gasteiger partial charge < -0.3 is 16.0 Å². The van der Waals surface area contributed by atoms with E-state index in [2.05, 4.69) is 0 Å². The van der Waals surface area contributed by atoms with E-state index in [-0.39, 0.29) is 17.1 Å². The summed E-state index contributed by atoms with van der Waals surface area (Å²) in [5, 5.41) is 1.20. The second-order valence-electron chi connectivity index (χ2n) is 8.06. The van der Waals surface area contributed by atoms with Crippen LogP contribution in [0.15, 0.2) is 53.3 Å². The van der Waals surface area contributed by atoms with Crippen molar-refractivity contribution in [3.63, 3.8) is 0 Å². The van der Waals surface area contributed by atoms with E-state index in [0.29, 0.717) is 59.9 Å². The van der Waals surface area contributed by atoms with Gasteiger partial charge in [0.05, 0.1) is 17.3 Å². The van der Waals surface area contributed by atoms with E-state index in [4.69, 9.17) is 11.5 Å². The van der Waals surface area contributed by atoms with Gasteiger partial charge in [-0.25, -0.2) is 0 Å². The van der Waals surface area contributed by atoms with Gasteiger partial charge in [0.1, 0.15) is 5.78 Å². The number of carbonyl (C=O) groups excluding carboxylic acids is 2. The van der Waals surface area contributed by atoms with Gasteiger partial charge in [-0.1, -0.05) is 48.9 Å². The SMILES string of the molecule is NCCCC[C@@H](N)C(=O)CCCn1c2c(c3ccccc3c1=O)C(=O)c1ccccc1-2. The molecule has 4 rings (SSSR count). The summed E-state index contributed by atoms with van der Waals surface area (Å²) in [6.07, 6.45) is 3.11. The Hall–Kier alpha value is -3.09. The number of aromatic nitrogens is 1. The molecule has 1 aliphatic carbocycles. The van der Waals surface area contributed by atoms with Gasteiger partial charge in [0.15, 0.2) is 5.78 Å². The molecule has 6 heteroatoms. The first kappa shape index (κ1) is 21.2. The molecule has 31 heavy (non-hydrogen) atoms. The number of benzene rings is 2. The van der Waals surface area contributed by atoms with Gasteiger partial charge in [-0.3, -0.25) is 14.4 Å². The number of nitrogens with two attached hydrogens (primary N) is 2. The molecule has 1 atom stereocenters. The number of fused-ring (bicyclic) bond motifs is 5. The molecule has 0 spiro atoms. The summed E-state index contributed by atoms with van der Waals surface area (Å²) in [6, 6.07) is 14.1. The third-order valence-electron chi connectivity index (χ3n) is 6.02. The monoisotopic (exact) mass is 417 g/mol. The van der Waals surface area contributed by atoms with Crippen LogP contribution in [0.5, 0.6) is 0 Å². The van der Waals surface area contributed by atoms with Gasteiger partial charge in [-0.2, -0.15) is 0 Å². The summed E-state index contributed by atoms with van der Waals surface area (Å²) in [4.78, 5) is 38.9. The van der Waals surface area contributed by atoms with Crippen molar-refractivity contribution in [1.29, 1.82) is 0 Å². The maximum absolute atomic E-state index is 13.3. The van der Waals surface area contributed by atoms with Crippen LogP contribution < -0.4 is 17.0 Å². The molecule has 2 aromatic carbocycles. The zero-order valence-electron chi connectivity index (χ0n) is 17.5. The summed E-state index contributed by atoms with van der Waals surface area (Å²) in [6.45, 7) is 0.950. The molecular formula is C25H27N3O3. The Morgan fingerprint density at radius 2 is 1.58 bits per heavy atom. The smallest absolute Gasteiger partial charge is 0.258 e. The summed E-state index contributed by atoms with van der Waals surface area (Å²) < 4.78 is 1.66. The van der Waals surface area contributed by atoms with Crippen molar-refractivity contribution in [2.45, 2.75) is 44.7 Å². The van der Waals surface area contributed by atoms with Crippen LogP contribution in [0.1, 0.15) is 48.0 Å². The molecule has 4 N–H and O–H groups in total. The molecule has 6 nitrogen and oxygen atoms in total. The quantitative estimate of drug-likeness (QED) is 0.407. The van der Waals surface area contributed by atoms with Crippen molar-refractivity contribution >= 4 is 22.3 Å². The average molecular weight is 418 g/mol. The van der Waals surface area contributed by atoms with Gasteiger partial charge >= 0.3 is 0 Å². The molecule has 0 bridgehead atoms. The molecule has 160 valence electrons. The normalized spacial score (nSPS) is 13.3. The molecule has 1 heterocycles. The van der Waals surface area contributed by atoms with Crippen molar-refractivity contribution in [3.8, 4) is 11.3 Å².